The van der Waals surface area contributed by atoms with E-state index >= 15 is 0 Å². The van der Waals surface area contributed by atoms with Crippen LogP contribution in [-0.4, -0.2) is 121 Å². The summed E-state index contributed by atoms with van der Waals surface area (Å²) in [6, 6.07) is 5.13. The highest BCUT2D eigenvalue weighted by Crippen LogP contribution is 2.36. The first kappa shape index (κ1) is 24.7. The Kier molecular flexibility index (Phi) is 7.67. The fourth-order valence-electron chi connectivity index (χ4n) is 3.46. The average Bonchev–Trinajstić information content (AvgIpc) is 3.03. The maximum atomic E-state index is 12.1. The van der Waals surface area contributed by atoms with Crippen molar-refractivity contribution in [2.75, 3.05) is 19.8 Å². The third kappa shape index (κ3) is 4.72. The standard InChI is InChI=1S/C19H26O13/c20-5-10-13(24)16(27)19(7-21,31-10)32-18-15(26)14(25)12(23)11(30-18)6-29-17(28)8-1-3-9(22)4-2-8/h1-4,10-16,18,20-27H,5-7H2/t10-,11-,12+,13-,14+,15-,16+,18-,19+/m1/s1. The maximum Gasteiger partial charge on any atom is 0.338 e. The van der Waals surface area contributed by atoms with Crippen molar-refractivity contribution >= 4 is 5.97 Å². The van der Waals surface area contributed by atoms with E-state index in [0.29, 0.717) is 0 Å². The number of phenols is 1. The van der Waals surface area contributed by atoms with Crippen LogP contribution in [0, 0.1) is 0 Å². The molecule has 0 amide bonds. The summed E-state index contributed by atoms with van der Waals surface area (Å²) in [4.78, 5) is 12.1. The molecule has 0 aliphatic carbocycles. The van der Waals surface area contributed by atoms with Gasteiger partial charge in [0.25, 0.3) is 0 Å². The first-order chi connectivity index (χ1) is 15.1. The van der Waals surface area contributed by atoms with Crippen LogP contribution in [0.2, 0.25) is 0 Å². The highest BCUT2D eigenvalue weighted by atomic mass is 16.8. The van der Waals surface area contributed by atoms with Gasteiger partial charge >= 0.3 is 5.97 Å². The molecule has 180 valence electrons. The zero-order chi connectivity index (χ0) is 23.6. The van der Waals surface area contributed by atoms with Crippen molar-refractivity contribution in [2.24, 2.45) is 0 Å². The van der Waals surface area contributed by atoms with Crippen molar-refractivity contribution in [1.82, 2.24) is 0 Å². The second-order valence-corrected chi connectivity index (χ2v) is 7.52. The van der Waals surface area contributed by atoms with Crippen LogP contribution in [0.5, 0.6) is 5.75 Å². The second kappa shape index (κ2) is 9.93. The van der Waals surface area contributed by atoms with Crippen molar-refractivity contribution in [3.63, 3.8) is 0 Å². The van der Waals surface area contributed by atoms with Gasteiger partial charge in [0.1, 0.15) is 61.7 Å². The highest BCUT2D eigenvalue weighted by molar-refractivity contribution is 5.89. The van der Waals surface area contributed by atoms with Gasteiger partial charge in [-0.1, -0.05) is 0 Å². The Morgan fingerprint density at radius 2 is 1.59 bits per heavy atom. The number of aliphatic hydroxyl groups excluding tert-OH is 7. The smallest absolute Gasteiger partial charge is 0.338 e. The molecule has 0 spiro atoms. The molecule has 13 heteroatoms. The third-order valence-electron chi connectivity index (χ3n) is 5.37. The van der Waals surface area contributed by atoms with Gasteiger partial charge in [-0.2, -0.15) is 0 Å². The van der Waals surface area contributed by atoms with Gasteiger partial charge in [0.2, 0.25) is 5.79 Å². The van der Waals surface area contributed by atoms with E-state index in [0.717, 1.165) is 0 Å². The Balaban J connectivity index is 1.69. The predicted molar refractivity (Wildman–Crippen MR) is 99.9 cm³/mol. The summed E-state index contributed by atoms with van der Waals surface area (Å²) >= 11 is 0. The number of carbonyl (C=O) groups excluding carboxylic acids is 1. The molecule has 2 saturated heterocycles. The maximum absolute atomic E-state index is 12.1. The molecule has 2 aliphatic rings. The summed E-state index contributed by atoms with van der Waals surface area (Å²) in [6.45, 7) is -2.32. The Hall–Kier alpha value is -1.91. The van der Waals surface area contributed by atoms with E-state index in [9.17, 15) is 45.6 Å². The summed E-state index contributed by atoms with van der Waals surface area (Å²) in [5.41, 5.74) is 0.0900. The SMILES string of the molecule is O=C(OC[C@H]1O[C@H](O[C@]2(CO)O[C@H](CO)[C@@H](O)[C@@H]2O)[C@H](O)[C@@H](O)[C@H]1O)c1ccc(O)cc1. The molecular weight excluding hydrogens is 436 g/mol. The lowest BCUT2D eigenvalue weighted by molar-refractivity contribution is -0.383. The van der Waals surface area contributed by atoms with Gasteiger partial charge in [0.15, 0.2) is 6.29 Å². The number of rotatable bonds is 7. The zero-order valence-electron chi connectivity index (χ0n) is 16.7. The van der Waals surface area contributed by atoms with Crippen LogP contribution in [0.25, 0.3) is 0 Å². The summed E-state index contributed by atoms with van der Waals surface area (Å²) < 4.78 is 21.0. The van der Waals surface area contributed by atoms with Crippen molar-refractivity contribution in [3.05, 3.63) is 29.8 Å². The molecule has 2 fully saturated rings. The average molecular weight is 462 g/mol. The Morgan fingerprint density at radius 3 is 2.16 bits per heavy atom. The van der Waals surface area contributed by atoms with E-state index in [-0.39, 0.29) is 11.3 Å². The second-order valence-electron chi connectivity index (χ2n) is 7.52. The number of carbonyl (C=O) groups is 1. The van der Waals surface area contributed by atoms with E-state index in [1.165, 1.54) is 24.3 Å². The molecule has 1 aromatic rings. The number of benzene rings is 1. The van der Waals surface area contributed by atoms with Crippen molar-refractivity contribution < 1.29 is 64.6 Å². The first-order valence-corrected chi connectivity index (χ1v) is 9.73. The number of aromatic hydroxyl groups is 1. The Labute approximate surface area is 181 Å². The van der Waals surface area contributed by atoms with Crippen molar-refractivity contribution in [1.29, 1.82) is 0 Å². The monoisotopic (exact) mass is 462 g/mol. The molecule has 0 aromatic heterocycles. The third-order valence-corrected chi connectivity index (χ3v) is 5.37. The van der Waals surface area contributed by atoms with Crippen LogP contribution in [0.4, 0.5) is 0 Å². The molecule has 2 heterocycles. The van der Waals surface area contributed by atoms with E-state index in [4.69, 9.17) is 18.9 Å². The molecule has 0 radical (unpaired) electrons. The number of phenolic OH excluding ortho intramolecular Hbond substituents is 1. The number of hydrogen-bond donors (Lipinski definition) is 8. The van der Waals surface area contributed by atoms with Gasteiger partial charge in [-0.05, 0) is 24.3 Å². The molecule has 13 nitrogen and oxygen atoms in total. The quantitative estimate of drug-likeness (QED) is 0.183. The number of ether oxygens (including phenoxy) is 4. The molecule has 0 saturated carbocycles. The lowest BCUT2D eigenvalue weighted by Gasteiger charge is -2.43. The van der Waals surface area contributed by atoms with Gasteiger partial charge in [-0.25, -0.2) is 4.79 Å². The van der Waals surface area contributed by atoms with Gasteiger partial charge in [0, 0.05) is 0 Å². The summed E-state index contributed by atoms with van der Waals surface area (Å²) in [5.74, 6) is -3.20. The van der Waals surface area contributed by atoms with Crippen LogP contribution in [0.15, 0.2) is 24.3 Å². The minimum atomic E-state index is -2.31. The van der Waals surface area contributed by atoms with Crippen LogP contribution in [0.1, 0.15) is 10.4 Å². The van der Waals surface area contributed by atoms with Crippen molar-refractivity contribution in [3.8, 4) is 5.75 Å². The van der Waals surface area contributed by atoms with Crippen LogP contribution < -0.4 is 0 Å². The van der Waals surface area contributed by atoms with E-state index in [2.05, 4.69) is 0 Å². The fraction of sp³-hybridized carbons (Fsp3) is 0.632. The zero-order valence-corrected chi connectivity index (χ0v) is 16.7. The van der Waals surface area contributed by atoms with Crippen LogP contribution >= 0.6 is 0 Å². The lowest BCUT2D eigenvalue weighted by atomic mass is 9.99. The van der Waals surface area contributed by atoms with Gasteiger partial charge in [-0.3, -0.25) is 0 Å². The topological polar surface area (TPSA) is 216 Å². The molecule has 2 aliphatic heterocycles. The first-order valence-electron chi connectivity index (χ1n) is 9.73. The lowest BCUT2D eigenvalue weighted by Crippen LogP contribution is -2.62. The molecule has 0 bridgehead atoms. The normalized spacial score (nSPS) is 39.7. The fourth-order valence-corrected chi connectivity index (χ4v) is 3.46. The van der Waals surface area contributed by atoms with E-state index in [1.807, 2.05) is 0 Å². The number of aliphatic hydroxyl groups is 7. The Bertz CT molecular complexity index is 773. The van der Waals surface area contributed by atoms with Crippen LogP contribution in [-0.2, 0) is 18.9 Å². The number of esters is 1. The van der Waals surface area contributed by atoms with Gasteiger partial charge < -0.3 is 59.8 Å². The molecule has 8 N–H and O–H groups in total. The molecule has 32 heavy (non-hydrogen) atoms. The summed E-state index contributed by atoms with van der Waals surface area (Å²) in [7, 11) is 0. The van der Waals surface area contributed by atoms with Gasteiger partial charge in [-0.15, -0.1) is 0 Å². The molecule has 9 atom stereocenters. The van der Waals surface area contributed by atoms with E-state index < -0.39 is 80.6 Å². The molecular formula is C19H26O13. The van der Waals surface area contributed by atoms with E-state index in [1.54, 1.807) is 0 Å². The van der Waals surface area contributed by atoms with Crippen molar-refractivity contribution in [2.45, 2.75) is 54.8 Å². The Morgan fingerprint density at radius 1 is 0.938 bits per heavy atom. The van der Waals surface area contributed by atoms with Gasteiger partial charge in [0.05, 0.1) is 12.2 Å². The summed E-state index contributed by atoms with van der Waals surface area (Å²) in [5, 5.41) is 79.0. The molecule has 3 rings (SSSR count). The number of hydrogen-bond acceptors (Lipinski definition) is 13. The predicted octanol–water partition coefficient (Wildman–Crippen LogP) is -3.83. The summed E-state index contributed by atoms with van der Waals surface area (Å²) in [6.07, 6.45) is -13.4. The minimum Gasteiger partial charge on any atom is -0.508 e. The minimum absolute atomic E-state index is 0.0626. The molecule has 0 unspecified atom stereocenters. The largest absolute Gasteiger partial charge is 0.508 e. The van der Waals surface area contributed by atoms with Crippen LogP contribution in [0.3, 0.4) is 0 Å². The molecule has 1 aromatic carbocycles. The highest BCUT2D eigenvalue weighted by Gasteiger charge is 2.58.